The molecular weight excluding hydrogens is 254 g/mol. The van der Waals surface area contributed by atoms with Crippen LogP contribution < -0.4 is 5.73 Å². The zero-order valence-corrected chi connectivity index (χ0v) is 11.0. The molecule has 0 spiro atoms. The Labute approximate surface area is 110 Å². The maximum atomic E-state index is 11.7. The summed E-state index contributed by atoms with van der Waals surface area (Å²) in [6.45, 7) is 1.89. The van der Waals surface area contributed by atoms with Crippen molar-refractivity contribution in [1.29, 1.82) is 0 Å². The van der Waals surface area contributed by atoms with Crippen LogP contribution in [-0.2, 0) is 11.2 Å². The number of carbonyl (C=O) groups is 1. The zero-order chi connectivity index (χ0) is 13.3. The summed E-state index contributed by atoms with van der Waals surface area (Å²) in [6, 6.07) is 3.38. The molecule has 4 nitrogen and oxygen atoms in total. The molecule has 1 aromatic carbocycles. The van der Waals surface area contributed by atoms with Crippen molar-refractivity contribution in [2.24, 2.45) is 5.73 Å². The van der Waals surface area contributed by atoms with Gasteiger partial charge < -0.3 is 14.9 Å². The van der Waals surface area contributed by atoms with Crippen molar-refractivity contribution in [3.63, 3.8) is 0 Å². The van der Waals surface area contributed by atoms with Crippen molar-refractivity contribution < 1.29 is 13.9 Å². The highest BCUT2D eigenvalue weighted by Crippen LogP contribution is 2.32. The lowest BCUT2D eigenvalue weighted by Crippen LogP contribution is -2.18. The van der Waals surface area contributed by atoms with E-state index in [4.69, 9.17) is 26.5 Å². The molecular formula is C13H14ClNO3. The highest BCUT2D eigenvalue weighted by molar-refractivity contribution is 6.38. The maximum Gasteiger partial charge on any atom is 0.339 e. The fourth-order valence-corrected chi connectivity index (χ4v) is 2.22. The Morgan fingerprint density at radius 2 is 2.33 bits per heavy atom. The van der Waals surface area contributed by atoms with Gasteiger partial charge in [0.05, 0.1) is 24.0 Å². The van der Waals surface area contributed by atoms with E-state index in [2.05, 4.69) is 0 Å². The standard InChI is InChI=1S/C13H14ClNO3/c1-7(15)5-8-6-10(13(16)17-2)11(14)9-3-4-18-12(8)9/h3-4,6-7H,5,15H2,1-2H3. The third kappa shape index (κ3) is 2.21. The molecule has 2 rings (SSSR count). The first-order chi connectivity index (χ1) is 8.54. The van der Waals surface area contributed by atoms with Crippen LogP contribution in [0.25, 0.3) is 11.0 Å². The molecule has 1 unspecified atom stereocenters. The van der Waals surface area contributed by atoms with Crippen LogP contribution in [0, 0.1) is 0 Å². The highest BCUT2D eigenvalue weighted by Gasteiger charge is 2.19. The lowest BCUT2D eigenvalue weighted by molar-refractivity contribution is 0.0601. The number of furan rings is 1. The predicted molar refractivity (Wildman–Crippen MR) is 69.9 cm³/mol. The van der Waals surface area contributed by atoms with Gasteiger partial charge in [-0.3, -0.25) is 0 Å². The molecule has 0 saturated carbocycles. The molecule has 18 heavy (non-hydrogen) atoms. The van der Waals surface area contributed by atoms with E-state index < -0.39 is 5.97 Å². The molecule has 1 aromatic heterocycles. The number of hydrogen-bond acceptors (Lipinski definition) is 4. The number of carbonyl (C=O) groups excluding carboxylic acids is 1. The van der Waals surface area contributed by atoms with Crippen LogP contribution in [-0.4, -0.2) is 19.1 Å². The second kappa shape index (κ2) is 5.00. The topological polar surface area (TPSA) is 65.5 Å². The highest BCUT2D eigenvalue weighted by atomic mass is 35.5. The number of esters is 1. The third-order valence-corrected chi connectivity index (χ3v) is 3.10. The van der Waals surface area contributed by atoms with Crippen molar-refractivity contribution in [3.8, 4) is 0 Å². The molecule has 5 heteroatoms. The molecule has 2 aromatic rings. The van der Waals surface area contributed by atoms with Crippen molar-refractivity contribution in [3.05, 3.63) is 34.5 Å². The van der Waals surface area contributed by atoms with Crippen molar-refractivity contribution in [1.82, 2.24) is 0 Å². The van der Waals surface area contributed by atoms with Crippen LogP contribution in [0.4, 0.5) is 0 Å². The van der Waals surface area contributed by atoms with Crippen LogP contribution in [0.2, 0.25) is 5.02 Å². The average molecular weight is 268 g/mol. The Hall–Kier alpha value is -1.52. The second-order valence-electron chi connectivity index (χ2n) is 4.23. The first-order valence-corrected chi connectivity index (χ1v) is 5.95. The van der Waals surface area contributed by atoms with Crippen molar-refractivity contribution >= 4 is 28.5 Å². The van der Waals surface area contributed by atoms with Gasteiger partial charge in [-0.2, -0.15) is 0 Å². The zero-order valence-electron chi connectivity index (χ0n) is 10.2. The summed E-state index contributed by atoms with van der Waals surface area (Å²) in [4.78, 5) is 11.7. The molecule has 2 N–H and O–H groups in total. The fourth-order valence-electron chi connectivity index (χ4n) is 1.94. The Balaban J connectivity index is 2.65. The number of benzene rings is 1. The molecule has 1 heterocycles. The third-order valence-electron chi connectivity index (χ3n) is 2.70. The Kier molecular flexibility index (Phi) is 3.59. The molecule has 0 saturated heterocycles. The largest absolute Gasteiger partial charge is 0.465 e. The van der Waals surface area contributed by atoms with E-state index >= 15 is 0 Å². The van der Waals surface area contributed by atoms with Crippen LogP contribution in [0.3, 0.4) is 0 Å². The molecule has 0 bridgehead atoms. The Bertz CT molecular complexity index is 589. The van der Waals surface area contributed by atoms with Gasteiger partial charge in [0, 0.05) is 11.4 Å². The molecule has 0 fully saturated rings. The van der Waals surface area contributed by atoms with E-state index in [0.29, 0.717) is 28.0 Å². The normalized spacial score (nSPS) is 12.7. The van der Waals surface area contributed by atoms with Gasteiger partial charge in [-0.15, -0.1) is 0 Å². The minimum absolute atomic E-state index is 0.0371. The predicted octanol–water partition coefficient (Wildman–Crippen LogP) is 2.76. The number of hydrogen-bond donors (Lipinski definition) is 1. The number of halogens is 1. The monoisotopic (exact) mass is 267 g/mol. The molecule has 1 atom stereocenters. The second-order valence-corrected chi connectivity index (χ2v) is 4.61. The summed E-state index contributed by atoms with van der Waals surface area (Å²) < 4.78 is 10.1. The number of ether oxygens (including phenoxy) is 1. The molecule has 0 aliphatic heterocycles. The van der Waals surface area contributed by atoms with Gasteiger partial charge in [-0.1, -0.05) is 11.6 Å². The number of methoxy groups -OCH3 is 1. The van der Waals surface area contributed by atoms with E-state index in [1.54, 1.807) is 18.4 Å². The summed E-state index contributed by atoms with van der Waals surface area (Å²) in [5.41, 5.74) is 7.65. The van der Waals surface area contributed by atoms with Crippen LogP contribution in [0.15, 0.2) is 22.8 Å². The maximum absolute atomic E-state index is 11.7. The van der Waals surface area contributed by atoms with E-state index in [1.165, 1.54) is 7.11 Å². The van der Waals surface area contributed by atoms with Gasteiger partial charge >= 0.3 is 5.97 Å². The smallest absolute Gasteiger partial charge is 0.339 e. The molecule has 0 radical (unpaired) electrons. The minimum atomic E-state index is -0.464. The first-order valence-electron chi connectivity index (χ1n) is 5.57. The van der Waals surface area contributed by atoms with Crippen molar-refractivity contribution in [2.45, 2.75) is 19.4 Å². The van der Waals surface area contributed by atoms with Gasteiger partial charge in [0.25, 0.3) is 0 Å². The van der Waals surface area contributed by atoms with Crippen LogP contribution >= 0.6 is 11.6 Å². The van der Waals surface area contributed by atoms with E-state index in [9.17, 15) is 4.79 Å². The van der Waals surface area contributed by atoms with E-state index in [0.717, 1.165) is 5.56 Å². The van der Waals surface area contributed by atoms with Gasteiger partial charge in [0.15, 0.2) is 0 Å². The van der Waals surface area contributed by atoms with Crippen molar-refractivity contribution in [2.75, 3.05) is 7.11 Å². The van der Waals surface area contributed by atoms with Gasteiger partial charge in [0.2, 0.25) is 0 Å². The SMILES string of the molecule is COC(=O)c1cc(CC(C)N)c2occc2c1Cl. The summed E-state index contributed by atoms with van der Waals surface area (Å²) in [7, 11) is 1.32. The quantitative estimate of drug-likeness (QED) is 0.869. The Morgan fingerprint density at radius 1 is 1.61 bits per heavy atom. The molecule has 0 amide bonds. The summed E-state index contributed by atoms with van der Waals surface area (Å²) in [5.74, 6) is -0.464. The summed E-state index contributed by atoms with van der Waals surface area (Å²) in [6.07, 6.45) is 2.15. The van der Waals surface area contributed by atoms with E-state index in [-0.39, 0.29) is 6.04 Å². The molecule has 0 aliphatic rings. The Morgan fingerprint density at radius 3 is 2.94 bits per heavy atom. The average Bonchev–Trinajstić information content (AvgIpc) is 2.81. The summed E-state index contributed by atoms with van der Waals surface area (Å²) >= 11 is 6.17. The molecule has 0 aliphatic carbocycles. The first kappa shape index (κ1) is 12.9. The van der Waals surface area contributed by atoms with Gasteiger partial charge in [0.1, 0.15) is 5.58 Å². The van der Waals surface area contributed by atoms with Gasteiger partial charge in [-0.25, -0.2) is 4.79 Å². The lowest BCUT2D eigenvalue weighted by atomic mass is 10.0. The van der Waals surface area contributed by atoms with Gasteiger partial charge in [-0.05, 0) is 31.0 Å². The minimum Gasteiger partial charge on any atom is -0.465 e. The fraction of sp³-hybridized carbons (Fsp3) is 0.308. The number of fused-ring (bicyclic) bond motifs is 1. The number of nitrogens with two attached hydrogens (primary N) is 1. The van der Waals surface area contributed by atoms with Crippen LogP contribution in [0.1, 0.15) is 22.8 Å². The summed E-state index contributed by atoms with van der Waals surface area (Å²) in [5, 5.41) is 1.05. The molecule has 96 valence electrons. The van der Waals surface area contributed by atoms with Crippen LogP contribution in [0.5, 0.6) is 0 Å². The lowest BCUT2D eigenvalue weighted by Gasteiger charge is -2.10. The number of rotatable bonds is 3. The van der Waals surface area contributed by atoms with E-state index in [1.807, 2.05) is 6.92 Å².